The molecule has 8 heteroatoms. The monoisotopic (exact) mass is 349 g/mol. The molecule has 0 saturated carbocycles. The van der Waals surface area contributed by atoms with E-state index >= 15 is 0 Å². The van der Waals surface area contributed by atoms with Crippen LogP contribution in [-0.4, -0.2) is 37.5 Å². The summed E-state index contributed by atoms with van der Waals surface area (Å²) in [4.78, 5) is 12.0. The number of unbranched alkanes of at least 4 members (excludes halogenated alkanes) is 1. The predicted octanol–water partition coefficient (Wildman–Crippen LogP) is 3.52. The molecule has 3 rings (SSSR count). The highest BCUT2D eigenvalue weighted by Crippen LogP contribution is 2.39. The van der Waals surface area contributed by atoms with E-state index in [1.807, 2.05) is 45.9 Å². The van der Waals surface area contributed by atoms with Crippen LogP contribution in [0.4, 0.5) is 5.69 Å². The van der Waals surface area contributed by atoms with Crippen LogP contribution in [0.3, 0.4) is 0 Å². The van der Waals surface area contributed by atoms with Crippen molar-refractivity contribution in [2.24, 2.45) is 0 Å². The molecule has 2 N–H and O–H groups in total. The fourth-order valence-corrected chi connectivity index (χ4v) is 5.49. The van der Waals surface area contributed by atoms with Crippen LogP contribution in [0.5, 0.6) is 0 Å². The van der Waals surface area contributed by atoms with Crippen LogP contribution in [0.1, 0.15) is 32.1 Å². The second kappa shape index (κ2) is 8.35. The number of amides is 1. The van der Waals surface area contributed by atoms with Gasteiger partial charge < -0.3 is 5.32 Å². The number of aromatic nitrogens is 4. The third-order valence-corrected chi connectivity index (χ3v) is 6.66. The average molecular weight is 349 g/mol. The summed E-state index contributed by atoms with van der Waals surface area (Å²) in [6.45, 7) is 0. The minimum Gasteiger partial charge on any atom is -0.326 e. The van der Waals surface area contributed by atoms with Crippen molar-refractivity contribution in [3.8, 4) is 11.4 Å². The summed E-state index contributed by atoms with van der Waals surface area (Å²) >= 11 is 0. The lowest BCUT2D eigenvalue weighted by Gasteiger charge is -2.08. The van der Waals surface area contributed by atoms with Gasteiger partial charge in [0, 0.05) is 28.7 Å². The summed E-state index contributed by atoms with van der Waals surface area (Å²) in [7, 11) is 3.97. The number of anilines is 1. The number of aromatic amines is 1. The second-order valence-corrected chi connectivity index (χ2v) is 8.23. The Morgan fingerprint density at radius 3 is 3.13 bits per heavy atom. The van der Waals surface area contributed by atoms with Crippen LogP contribution in [0.2, 0.25) is 0 Å². The van der Waals surface area contributed by atoms with Crippen LogP contribution in [0, 0.1) is 0 Å². The van der Waals surface area contributed by atoms with Crippen molar-refractivity contribution < 1.29 is 4.79 Å². The van der Waals surface area contributed by atoms with E-state index in [1.165, 1.54) is 18.6 Å². The first kappa shape index (κ1) is 16.3. The fraction of sp³-hybridized carbons (Fsp3) is 0.467. The van der Waals surface area contributed by atoms with Gasteiger partial charge in [-0.3, -0.25) is 4.79 Å². The molecule has 0 spiro atoms. The molecule has 6 nitrogen and oxygen atoms in total. The molecule has 0 radical (unpaired) electrons. The first-order chi connectivity index (χ1) is 11.3. The van der Waals surface area contributed by atoms with Crippen molar-refractivity contribution in [2.45, 2.75) is 37.4 Å². The average Bonchev–Trinajstić information content (AvgIpc) is 3.25. The molecule has 0 bridgehead atoms. The number of H-pyrrole nitrogens is 1. The van der Waals surface area contributed by atoms with Gasteiger partial charge >= 0.3 is 0 Å². The second-order valence-electron chi connectivity index (χ2n) is 5.44. The molecule has 23 heavy (non-hydrogen) atoms. The van der Waals surface area contributed by atoms with E-state index in [4.69, 9.17) is 0 Å². The fourth-order valence-electron chi connectivity index (χ4n) is 2.47. The van der Waals surface area contributed by atoms with Gasteiger partial charge in [-0.2, -0.15) is 5.21 Å². The number of nitrogens with zero attached hydrogens (tertiary/aromatic N) is 3. The molecule has 2 heterocycles. The van der Waals surface area contributed by atoms with Crippen LogP contribution < -0.4 is 5.32 Å². The van der Waals surface area contributed by atoms with Gasteiger partial charge in [-0.15, -0.1) is 10.2 Å². The molecule has 1 aromatic heterocycles. The number of tetrazole rings is 1. The number of benzene rings is 1. The van der Waals surface area contributed by atoms with Crippen molar-refractivity contribution in [1.82, 2.24) is 20.6 Å². The van der Waals surface area contributed by atoms with E-state index in [1.54, 1.807) is 0 Å². The minimum absolute atomic E-state index is 0.0590. The predicted molar refractivity (Wildman–Crippen MR) is 95.2 cm³/mol. The van der Waals surface area contributed by atoms with Gasteiger partial charge in [-0.05, 0) is 36.6 Å². The zero-order valence-electron chi connectivity index (χ0n) is 12.7. The molecule has 122 valence electrons. The maximum Gasteiger partial charge on any atom is 0.224 e. The molecule has 1 aliphatic heterocycles. The highest BCUT2D eigenvalue weighted by molar-refractivity contribution is 8.77. The Bertz CT molecular complexity index is 629. The first-order valence-electron chi connectivity index (χ1n) is 7.73. The summed E-state index contributed by atoms with van der Waals surface area (Å²) in [6, 6.07) is 7.48. The molecule has 1 fully saturated rings. The number of nitrogens with one attached hydrogen (secondary N) is 2. The molecule has 1 amide bonds. The van der Waals surface area contributed by atoms with E-state index in [-0.39, 0.29) is 5.91 Å². The Morgan fingerprint density at radius 2 is 2.35 bits per heavy atom. The van der Waals surface area contributed by atoms with Gasteiger partial charge in [0.1, 0.15) is 0 Å². The summed E-state index contributed by atoms with van der Waals surface area (Å²) in [5, 5.41) is 17.6. The summed E-state index contributed by atoms with van der Waals surface area (Å²) in [6.07, 6.45) is 5.16. The number of hydrogen-bond donors (Lipinski definition) is 2. The maximum atomic E-state index is 12.0. The van der Waals surface area contributed by atoms with E-state index in [0.29, 0.717) is 12.2 Å². The minimum atomic E-state index is 0.0590. The quantitative estimate of drug-likeness (QED) is 0.588. The van der Waals surface area contributed by atoms with Gasteiger partial charge in [0.05, 0.1) is 0 Å². The van der Waals surface area contributed by atoms with Crippen LogP contribution in [0.25, 0.3) is 11.4 Å². The zero-order valence-corrected chi connectivity index (χ0v) is 14.3. The third-order valence-electron chi connectivity index (χ3n) is 3.66. The smallest absolute Gasteiger partial charge is 0.224 e. The Kier molecular flexibility index (Phi) is 5.93. The molecular weight excluding hydrogens is 330 g/mol. The largest absolute Gasteiger partial charge is 0.326 e. The van der Waals surface area contributed by atoms with Crippen molar-refractivity contribution in [3.05, 3.63) is 24.3 Å². The molecule has 1 aromatic carbocycles. The SMILES string of the molecule is O=C(CCCCC1CCSS1)Nc1cccc(-c2nn[nH]n2)c1. The van der Waals surface area contributed by atoms with Crippen molar-refractivity contribution in [1.29, 1.82) is 0 Å². The Hall–Kier alpha value is -1.54. The van der Waals surface area contributed by atoms with E-state index in [9.17, 15) is 4.79 Å². The maximum absolute atomic E-state index is 12.0. The van der Waals surface area contributed by atoms with E-state index in [2.05, 4.69) is 25.9 Å². The highest BCUT2D eigenvalue weighted by atomic mass is 33.1. The zero-order chi connectivity index (χ0) is 15.9. The van der Waals surface area contributed by atoms with Crippen LogP contribution >= 0.6 is 21.6 Å². The summed E-state index contributed by atoms with van der Waals surface area (Å²) < 4.78 is 0. The lowest BCUT2D eigenvalue weighted by atomic mass is 10.1. The van der Waals surface area contributed by atoms with E-state index in [0.717, 1.165) is 29.3 Å². The molecular formula is C15H19N5OS2. The third kappa shape index (κ3) is 4.97. The Balaban J connectivity index is 1.43. The van der Waals surface area contributed by atoms with Gasteiger partial charge in [0.15, 0.2) is 0 Å². The van der Waals surface area contributed by atoms with Gasteiger partial charge in [-0.1, -0.05) is 40.1 Å². The molecule has 0 aliphatic carbocycles. The molecule has 1 saturated heterocycles. The summed E-state index contributed by atoms with van der Waals surface area (Å²) in [5.74, 6) is 1.85. The normalized spacial score (nSPS) is 17.3. The number of carbonyl (C=O) groups is 1. The van der Waals surface area contributed by atoms with Crippen LogP contribution in [0.15, 0.2) is 24.3 Å². The molecule has 2 aromatic rings. The molecule has 1 atom stereocenters. The molecule has 1 unspecified atom stereocenters. The summed E-state index contributed by atoms with van der Waals surface area (Å²) in [5.41, 5.74) is 1.59. The van der Waals surface area contributed by atoms with Crippen LogP contribution in [-0.2, 0) is 4.79 Å². The van der Waals surface area contributed by atoms with Gasteiger partial charge in [-0.25, -0.2) is 0 Å². The molecule has 1 aliphatic rings. The van der Waals surface area contributed by atoms with E-state index < -0.39 is 0 Å². The first-order valence-corrected chi connectivity index (χ1v) is 10.1. The lowest BCUT2D eigenvalue weighted by molar-refractivity contribution is -0.116. The number of rotatable bonds is 7. The van der Waals surface area contributed by atoms with Crippen molar-refractivity contribution >= 4 is 33.2 Å². The Labute approximate surface area is 143 Å². The van der Waals surface area contributed by atoms with Gasteiger partial charge in [0.25, 0.3) is 0 Å². The van der Waals surface area contributed by atoms with Crippen molar-refractivity contribution in [3.63, 3.8) is 0 Å². The lowest BCUT2D eigenvalue weighted by Crippen LogP contribution is -2.11. The Morgan fingerprint density at radius 1 is 1.39 bits per heavy atom. The van der Waals surface area contributed by atoms with Gasteiger partial charge in [0.2, 0.25) is 11.7 Å². The highest BCUT2D eigenvalue weighted by Gasteiger charge is 2.15. The standard InChI is InChI=1S/C15H19N5OS2/c21-14(7-2-1-6-13-8-9-22-23-13)16-12-5-3-4-11(10-12)15-17-19-20-18-15/h3-5,10,13H,1-2,6-9H2,(H,16,21)(H,17,18,19,20). The van der Waals surface area contributed by atoms with Crippen molar-refractivity contribution in [2.75, 3.05) is 11.1 Å². The topological polar surface area (TPSA) is 83.6 Å². The number of carbonyl (C=O) groups excluding carboxylic acids is 1. The number of hydrogen-bond acceptors (Lipinski definition) is 6.